The van der Waals surface area contributed by atoms with Crippen molar-refractivity contribution in [3.63, 3.8) is 0 Å². The van der Waals surface area contributed by atoms with Crippen LogP contribution in [0.1, 0.15) is 20.7 Å². The van der Waals surface area contributed by atoms with Crippen molar-refractivity contribution in [3.05, 3.63) is 65.7 Å². The van der Waals surface area contributed by atoms with Gasteiger partial charge in [0.05, 0.1) is 24.0 Å². The molecule has 0 fully saturated rings. The molecule has 0 bridgehead atoms. The summed E-state index contributed by atoms with van der Waals surface area (Å²) in [6.45, 7) is -0.214. The van der Waals surface area contributed by atoms with E-state index in [9.17, 15) is 9.59 Å². The zero-order valence-electron chi connectivity index (χ0n) is 16.3. The van der Waals surface area contributed by atoms with Crippen LogP contribution in [0.4, 0.5) is 0 Å². The minimum absolute atomic E-state index is 0.208. The van der Waals surface area contributed by atoms with Crippen LogP contribution in [0, 0.1) is 0 Å². The SMILES string of the molecule is COc1cc(C=O)cc(OC)c1OCC(=O)c1ccc2c(c1)Sc1ccccc1O2. The van der Waals surface area contributed by atoms with Gasteiger partial charge in [-0.05, 0) is 42.5 Å². The van der Waals surface area contributed by atoms with Crippen LogP contribution in [0.25, 0.3) is 0 Å². The van der Waals surface area contributed by atoms with E-state index in [-0.39, 0.29) is 18.1 Å². The molecule has 0 aliphatic carbocycles. The van der Waals surface area contributed by atoms with E-state index in [2.05, 4.69) is 0 Å². The number of ether oxygens (including phenoxy) is 4. The average Bonchev–Trinajstić information content (AvgIpc) is 2.80. The Bertz CT molecular complexity index is 1100. The molecule has 1 aliphatic rings. The van der Waals surface area contributed by atoms with Gasteiger partial charge in [-0.25, -0.2) is 0 Å². The van der Waals surface area contributed by atoms with E-state index < -0.39 is 0 Å². The van der Waals surface area contributed by atoms with E-state index in [4.69, 9.17) is 18.9 Å². The molecule has 1 aliphatic heterocycles. The van der Waals surface area contributed by atoms with Gasteiger partial charge >= 0.3 is 0 Å². The van der Waals surface area contributed by atoms with E-state index in [1.165, 1.54) is 26.4 Å². The molecule has 0 aromatic heterocycles. The Morgan fingerprint density at radius 1 is 0.967 bits per heavy atom. The Labute approximate surface area is 177 Å². The minimum Gasteiger partial charge on any atom is -0.493 e. The van der Waals surface area contributed by atoms with Crippen LogP contribution in [0.5, 0.6) is 28.7 Å². The van der Waals surface area contributed by atoms with Crippen molar-refractivity contribution < 1.29 is 28.5 Å². The molecule has 3 aromatic rings. The maximum absolute atomic E-state index is 12.8. The van der Waals surface area contributed by atoms with Gasteiger partial charge in [0.2, 0.25) is 5.75 Å². The highest BCUT2D eigenvalue weighted by Crippen LogP contribution is 2.47. The van der Waals surface area contributed by atoms with Crippen molar-refractivity contribution in [2.75, 3.05) is 20.8 Å². The molecule has 7 heteroatoms. The first-order chi connectivity index (χ1) is 14.6. The van der Waals surface area contributed by atoms with Crippen LogP contribution in [0.15, 0.2) is 64.4 Å². The van der Waals surface area contributed by atoms with Gasteiger partial charge in [0.25, 0.3) is 0 Å². The number of hydrogen-bond acceptors (Lipinski definition) is 7. The lowest BCUT2D eigenvalue weighted by molar-refractivity contribution is 0.0916. The fourth-order valence-corrected chi connectivity index (χ4v) is 4.02. The van der Waals surface area contributed by atoms with Gasteiger partial charge in [0.15, 0.2) is 23.9 Å². The van der Waals surface area contributed by atoms with Crippen LogP contribution in [0.3, 0.4) is 0 Å². The summed E-state index contributed by atoms with van der Waals surface area (Å²) in [6, 6.07) is 16.1. The standard InChI is InChI=1S/C23H18O6S/c1-26-19-9-14(12-24)10-20(27-2)23(19)28-13-16(25)15-7-8-18-22(11-15)30-21-6-4-3-5-17(21)29-18/h3-12H,13H2,1-2H3. The van der Waals surface area contributed by atoms with Crippen LogP contribution >= 0.6 is 11.8 Å². The van der Waals surface area contributed by atoms with Gasteiger partial charge in [-0.15, -0.1) is 0 Å². The molecule has 0 saturated heterocycles. The Morgan fingerprint density at radius 2 is 1.67 bits per heavy atom. The first-order valence-corrected chi connectivity index (χ1v) is 9.90. The molecular weight excluding hydrogens is 404 g/mol. The highest BCUT2D eigenvalue weighted by atomic mass is 32.2. The second kappa shape index (κ2) is 8.51. The molecule has 152 valence electrons. The van der Waals surface area contributed by atoms with Gasteiger partial charge < -0.3 is 18.9 Å². The van der Waals surface area contributed by atoms with Gasteiger partial charge in [0, 0.05) is 11.1 Å². The zero-order chi connectivity index (χ0) is 21.1. The molecule has 0 N–H and O–H groups in total. The molecule has 6 nitrogen and oxygen atoms in total. The smallest absolute Gasteiger partial charge is 0.204 e. The van der Waals surface area contributed by atoms with E-state index in [1.54, 1.807) is 30.0 Å². The van der Waals surface area contributed by atoms with Gasteiger partial charge in [-0.3, -0.25) is 9.59 Å². The Balaban J connectivity index is 1.53. The zero-order valence-corrected chi connectivity index (χ0v) is 17.2. The lowest BCUT2D eigenvalue weighted by Crippen LogP contribution is -2.13. The lowest BCUT2D eigenvalue weighted by Gasteiger charge is -2.20. The Hall–Kier alpha value is -3.45. The number of ketones is 1. The maximum Gasteiger partial charge on any atom is 0.204 e. The highest BCUT2D eigenvalue weighted by molar-refractivity contribution is 7.99. The lowest BCUT2D eigenvalue weighted by atomic mass is 10.1. The van der Waals surface area contributed by atoms with E-state index in [0.717, 1.165) is 15.5 Å². The monoisotopic (exact) mass is 422 g/mol. The predicted molar refractivity (Wildman–Crippen MR) is 112 cm³/mol. The number of para-hydroxylation sites is 1. The third-order valence-electron chi connectivity index (χ3n) is 4.52. The van der Waals surface area contributed by atoms with Crippen molar-refractivity contribution >= 4 is 23.8 Å². The molecule has 0 radical (unpaired) electrons. The number of methoxy groups -OCH3 is 2. The fourth-order valence-electron chi connectivity index (χ4n) is 3.03. The first kappa shape index (κ1) is 19.8. The first-order valence-electron chi connectivity index (χ1n) is 9.09. The summed E-state index contributed by atoms with van der Waals surface area (Å²) in [5.74, 6) is 2.20. The van der Waals surface area contributed by atoms with Crippen molar-refractivity contribution in [2.45, 2.75) is 9.79 Å². The topological polar surface area (TPSA) is 71.1 Å². The van der Waals surface area contributed by atoms with Crippen LogP contribution in [0.2, 0.25) is 0 Å². The van der Waals surface area contributed by atoms with E-state index in [0.29, 0.717) is 34.7 Å². The van der Waals surface area contributed by atoms with Crippen molar-refractivity contribution in [1.29, 1.82) is 0 Å². The summed E-state index contributed by atoms with van der Waals surface area (Å²) < 4.78 is 22.2. The number of fused-ring (bicyclic) bond motifs is 2. The summed E-state index contributed by atoms with van der Waals surface area (Å²) >= 11 is 1.55. The number of benzene rings is 3. The largest absolute Gasteiger partial charge is 0.493 e. The van der Waals surface area contributed by atoms with Crippen molar-refractivity contribution in [3.8, 4) is 28.7 Å². The van der Waals surface area contributed by atoms with E-state index in [1.807, 2.05) is 24.3 Å². The summed E-state index contributed by atoms with van der Waals surface area (Å²) in [5.41, 5.74) is 0.890. The predicted octanol–water partition coefficient (Wildman–Crippen LogP) is 5.03. The van der Waals surface area contributed by atoms with Crippen LogP contribution in [-0.2, 0) is 0 Å². The number of carbonyl (C=O) groups excluding carboxylic acids is 2. The van der Waals surface area contributed by atoms with Gasteiger partial charge in [0.1, 0.15) is 17.8 Å². The molecule has 0 amide bonds. The molecule has 0 saturated carbocycles. The molecule has 0 unspecified atom stereocenters. The third-order valence-corrected chi connectivity index (χ3v) is 5.62. The summed E-state index contributed by atoms with van der Waals surface area (Å²) in [4.78, 5) is 25.7. The second-order valence-corrected chi connectivity index (χ2v) is 7.48. The third kappa shape index (κ3) is 3.84. The molecule has 0 spiro atoms. The van der Waals surface area contributed by atoms with Crippen molar-refractivity contribution in [1.82, 2.24) is 0 Å². The number of rotatable bonds is 7. The molecule has 3 aromatic carbocycles. The average molecular weight is 422 g/mol. The normalized spacial score (nSPS) is 11.5. The van der Waals surface area contributed by atoms with Crippen molar-refractivity contribution in [2.24, 2.45) is 0 Å². The molecule has 0 atom stereocenters. The van der Waals surface area contributed by atoms with Crippen LogP contribution < -0.4 is 18.9 Å². The Morgan fingerprint density at radius 3 is 2.37 bits per heavy atom. The summed E-state index contributed by atoms with van der Waals surface area (Å²) in [5, 5.41) is 0. The van der Waals surface area contributed by atoms with E-state index >= 15 is 0 Å². The Kier molecular flexibility index (Phi) is 5.63. The summed E-state index contributed by atoms with van der Waals surface area (Å²) in [7, 11) is 2.91. The highest BCUT2D eigenvalue weighted by Gasteiger charge is 2.20. The number of aldehydes is 1. The minimum atomic E-state index is -0.214. The quantitative estimate of drug-likeness (QED) is 0.305. The second-order valence-electron chi connectivity index (χ2n) is 6.40. The number of Topliss-reactive ketones (excluding diaryl/α,β-unsaturated/α-hetero) is 1. The number of carbonyl (C=O) groups is 2. The fraction of sp³-hybridized carbons (Fsp3) is 0.130. The molecule has 1 heterocycles. The van der Waals surface area contributed by atoms with Gasteiger partial charge in [-0.1, -0.05) is 23.9 Å². The molecule has 30 heavy (non-hydrogen) atoms. The van der Waals surface area contributed by atoms with Gasteiger partial charge in [-0.2, -0.15) is 0 Å². The molecule has 4 rings (SSSR count). The van der Waals surface area contributed by atoms with Crippen LogP contribution in [-0.4, -0.2) is 32.9 Å². The summed E-state index contributed by atoms with van der Waals surface area (Å²) in [6.07, 6.45) is 0.685. The maximum atomic E-state index is 12.8. The number of hydrogen-bond donors (Lipinski definition) is 0. The molecular formula is C23H18O6S.